The van der Waals surface area contributed by atoms with Crippen LogP contribution in [-0.2, 0) is 13.6 Å². The van der Waals surface area contributed by atoms with E-state index in [0.29, 0.717) is 5.75 Å². The van der Waals surface area contributed by atoms with Crippen LogP contribution in [0.2, 0.25) is 0 Å². The molecule has 2 rings (SSSR count). The fourth-order valence-corrected chi connectivity index (χ4v) is 3.37. The van der Waals surface area contributed by atoms with Crippen molar-refractivity contribution in [2.45, 2.75) is 64.3 Å². The summed E-state index contributed by atoms with van der Waals surface area (Å²) in [5, 5.41) is 0. The lowest BCUT2D eigenvalue weighted by Gasteiger charge is -2.27. The lowest BCUT2D eigenvalue weighted by Crippen LogP contribution is -2.40. The summed E-state index contributed by atoms with van der Waals surface area (Å²) >= 11 is 9.55. The molecule has 0 N–H and O–H groups in total. The maximum atomic E-state index is 12.2. The molecule has 0 radical (unpaired) electrons. The molecule has 2 aromatic rings. The SMILES string of the molecule is CC.Cc1ccccc1C(S)(S)c1ccc(OC(C)(C)C(=O)OC(C)C)cc1. The summed E-state index contributed by atoms with van der Waals surface area (Å²) in [6, 6.07) is 15.5. The van der Waals surface area contributed by atoms with E-state index >= 15 is 0 Å². The molecule has 0 saturated heterocycles. The normalized spacial score (nSPS) is 11.5. The Hall–Kier alpha value is -1.59. The molecule has 2 aromatic carbocycles. The fourth-order valence-electron chi connectivity index (χ4n) is 2.57. The van der Waals surface area contributed by atoms with Crippen molar-refractivity contribution in [3.63, 3.8) is 0 Å². The maximum absolute atomic E-state index is 12.2. The Labute approximate surface area is 180 Å². The van der Waals surface area contributed by atoms with Crippen LogP contribution in [0.1, 0.15) is 58.2 Å². The van der Waals surface area contributed by atoms with Gasteiger partial charge >= 0.3 is 5.97 Å². The van der Waals surface area contributed by atoms with Crippen molar-refractivity contribution < 1.29 is 14.3 Å². The second-order valence-electron chi connectivity index (χ2n) is 7.08. The maximum Gasteiger partial charge on any atom is 0.350 e. The van der Waals surface area contributed by atoms with E-state index in [-0.39, 0.29) is 6.10 Å². The van der Waals surface area contributed by atoms with E-state index in [9.17, 15) is 4.79 Å². The topological polar surface area (TPSA) is 35.5 Å². The van der Waals surface area contributed by atoms with E-state index in [0.717, 1.165) is 16.7 Å². The van der Waals surface area contributed by atoms with Crippen LogP contribution in [0.15, 0.2) is 48.5 Å². The van der Waals surface area contributed by atoms with Gasteiger partial charge in [0.25, 0.3) is 0 Å². The van der Waals surface area contributed by atoms with Crippen LogP contribution < -0.4 is 4.74 Å². The monoisotopic (exact) mass is 420 g/mol. The third-order valence-corrected chi connectivity index (χ3v) is 4.98. The molecule has 0 aliphatic carbocycles. The lowest BCUT2D eigenvalue weighted by atomic mass is 9.99. The van der Waals surface area contributed by atoms with Crippen molar-refractivity contribution in [3.05, 3.63) is 65.2 Å². The van der Waals surface area contributed by atoms with E-state index in [1.54, 1.807) is 13.8 Å². The Morgan fingerprint density at radius 1 is 0.964 bits per heavy atom. The third-order valence-electron chi connectivity index (χ3n) is 3.98. The minimum Gasteiger partial charge on any atom is -0.476 e. The summed E-state index contributed by atoms with van der Waals surface area (Å²) in [4.78, 5) is 12.2. The number of carbonyl (C=O) groups excluding carboxylic acids is 1. The van der Waals surface area contributed by atoms with Gasteiger partial charge in [0.05, 0.1) is 6.10 Å². The number of carbonyl (C=O) groups is 1. The predicted octanol–water partition coefficient (Wildman–Crippen LogP) is 6.19. The standard InChI is InChI=1S/C21H26O3S2.C2H6/c1-14(2)23-19(22)20(4,5)24-17-12-10-16(11-13-17)21(25,26)18-9-7-6-8-15(18)3;1-2/h6-14,25-26H,1-5H3;1-2H3. The van der Waals surface area contributed by atoms with Gasteiger partial charge in [0.2, 0.25) is 0 Å². The van der Waals surface area contributed by atoms with Gasteiger partial charge in [-0.2, -0.15) is 25.3 Å². The number of ether oxygens (including phenoxy) is 2. The van der Waals surface area contributed by atoms with Crippen LogP contribution >= 0.6 is 25.3 Å². The predicted molar refractivity (Wildman–Crippen MR) is 124 cm³/mol. The quantitative estimate of drug-likeness (QED) is 0.332. The molecule has 0 unspecified atom stereocenters. The van der Waals surface area contributed by atoms with Gasteiger partial charge in [-0.1, -0.05) is 50.2 Å². The number of esters is 1. The van der Waals surface area contributed by atoms with Gasteiger partial charge in [-0.05, 0) is 63.4 Å². The van der Waals surface area contributed by atoms with Crippen LogP contribution in [0, 0.1) is 6.92 Å². The van der Waals surface area contributed by atoms with Gasteiger partial charge in [0.15, 0.2) is 5.60 Å². The Balaban J connectivity index is 0.00000190. The summed E-state index contributed by atoms with van der Waals surface area (Å²) in [5.41, 5.74) is 2.01. The Morgan fingerprint density at radius 2 is 1.50 bits per heavy atom. The second-order valence-corrected chi connectivity index (χ2v) is 8.77. The van der Waals surface area contributed by atoms with E-state index in [4.69, 9.17) is 34.7 Å². The molecule has 0 saturated carbocycles. The molecular formula is C23H32O3S2. The largest absolute Gasteiger partial charge is 0.476 e. The minimum atomic E-state index is -1.07. The highest BCUT2D eigenvalue weighted by Gasteiger charge is 2.33. The van der Waals surface area contributed by atoms with Crippen LogP contribution in [0.5, 0.6) is 5.75 Å². The number of aryl methyl sites for hydroxylation is 1. The smallest absolute Gasteiger partial charge is 0.350 e. The first-order valence-corrected chi connectivity index (χ1v) is 10.4. The third kappa shape index (κ3) is 6.21. The molecule has 3 nitrogen and oxygen atoms in total. The molecule has 0 spiro atoms. The highest BCUT2D eigenvalue weighted by molar-refractivity contribution is 8.00. The van der Waals surface area contributed by atoms with Crippen LogP contribution in [0.3, 0.4) is 0 Å². The number of thiol groups is 2. The van der Waals surface area contributed by atoms with Crippen LogP contribution in [-0.4, -0.2) is 17.7 Å². The van der Waals surface area contributed by atoms with Crippen molar-refractivity contribution in [2.75, 3.05) is 0 Å². The van der Waals surface area contributed by atoms with E-state index < -0.39 is 15.6 Å². The number of rotatable bonds is 6. The lowest BCUT2D eigenvalue weighted by molar-refractivity contribution is -0.163. The first-order chi connectivity index (χ1) is 13.0. The van der Waals surface area contributed by atoms with Crippen molar-refractivity contribution in [1.29, 1.82) is 0 Å². The molecule has 0 amide bonds. The molecule has 5 heteroatoms. The summed E-state index contributed by atoms with van der Waals surface area (Å²) in [7, 11) is 0. The number of hydrogen-bond donors (Lipinski definition) is 2. The van der Waals surface area contributed by atoms with Gasteiger partial charge in [-0.15, -0.1) is 0 Å². The second kappa shape index (κ2) is 10.3. The molecule has 0 aromatic heterocycles. The summed E-state index contributed by atoms with van der Waals surface area (Å²) in [6.45, 7) is 13.1. The molecule has 0 aliphatic heterocycles. The van der Waals surface area contributed by atoms with Gasteiger partial charge < -0.3 is 9.47 Å². The molecule has 0 heterocycles. The first kappa shape index (κ1) is 24.4. The van der Waals surface area contributed by atoms with Crippen molar-refractivity contribution in [2.24, 2.45) is 0 Å². The number of benzene rings is 2. The Morgan fingerprint density at radius 3 is 2.00 bits per heavy atom. The van der Waals surface area contributed by atoms with Gasteiger partial charge in [-0.3, -0.25) is 0 Å². The van der Waals surface area contributed by atoms with Crippen molar-refractivity contribution in [1.82, 2.24) is 0 Å². The van der Waals surface area contributed by atoms with E-state index in [1.807, 2.05) is 83.1 Å². The fraction of sp³-hybridized carbons (Fsp3) is 0.435. The zero-order valence-electron chi connectivity index (χ0n) is 17.8. The molecule has 28 heavy (non-hydrogen) atoms. The van der Waals surface area contributed by atoms with Crippen molar-refractivity contribution >= 4 is 31.2 Å². The molecule has 0 aliphatic rings. The average molecular weight is 421 g/mol. The zero-order chi connectivity index (χ0) is 21.5. The van der Waals surface area contributed by atoms with Gasteiger partial charge in [0, 0.05) is 0 Å². The highest BCUT2D eigenvalue weighted by atomic mass is 32.2. The average Bonchev–Trinajstić information content (AvgIpc) is 2.63. The van der Waals surface area contributed by atoms with Crippen molar-refractivity contribution in [3.8, 4) is 5.75 Å². The van der Waals surface area contributed by atoms with Gasteiger partial charge in [-0.25, -0.2) is 4.79 Å². The molecule has 154 valence electrons. The summed E-state index contributed by atoms with van der Waals surface area (Å²) in [6.07, 6.45) is -0.184. The Kier molecular flexibility index (Phi) is 8.96. The first-order valence-electron chi connectivity index (χ1n) is 9.55. The highest BCUT2D eigenvalue weighted by Crippen LogP contribution is 2.41. The number of hydrogen-bond acceptors (Lipinski definition) is 5. The minimum absolute atomic E-state index is 0.184. The molecular weight excluding hydrogens is 388 g/mol. The van der Waals surface area contributed by atoms with E-state index in [2.05, 4.69) is 0 Å². The zero-order valence-corrected chi connectivity index (χ0v) is 19.6. The van der Waals surface area contributed by atoms with Gasteiger partial charge in [0.1, 0.15) is 9.83 Å². The van der Waals surface area contributed by atoms with E-state index in [1.165, 1.54) is 0 Å². The van der Waals surface area contributed by atoms with Crippen LogP contribution in [0.25, 0.3) is 0 Å². The molecule has 0 bridgehead atoms. The molecule has 0 atom stereocenters. The summed E-state index contributed by atoms with van der Waals surface area (Å²) in [5.74, 6) is 0.191. The van der Waals surface area contributed by atoms with Crippen LogP contribution in [0.4, 0.5) is 0 Å². The molecule has 0 fully saturated rings. The summed E-state index contributed by atoms with van der Waals surface area (Å²) < 4.78 is 10.4. The Bertz CT molecular complexity index is 766.